The fourth-order valence-electron chi connectivity index (χ4n) is 2.96. The Labute approximate surface area is 127 Å². The fraction of sp³-hybridized carbons (Fsp3) is 0.688. The van der Waals surface area contributed by atoms with Crippen LogP contribution in [0.3, 0.4) is 0 Å². The summed E-state index contributed by atoms with van der Waals surface area (Å²) < 4.78 is 0. The molecule has 0 N–H and O–H groups in total. The van der Waals surface area contributed by atoms with E-state index in [-0.39, 0.29) is 5.92 Å². The fourth-order valence-corrected chi connectivity index (χ4v) is 2.96. The second-order valence-corrected chi connectivity index (χ2v) is 5.69. The van der Waals surface area contributed by atoms with Gasteiger partial charge in [-0.3, -0.25) is 9.78 Å². The van der Waals surface area contributed by atoms with E-state index in [2.05, 4.69) is 14.9 Å². The molecule has 0 unspecified atom stereocenters. The standard InChI is InChI=1S/C16H26N4O/c1-5-19(6-2)16(21)14-7-9-20(10-8-14)15-13(4)17-11-12(3)18-15/h11,14H,5-10H2,1-4H3. The van der Waals surface area contributed by atoms with Crippen LogP contribution in [0.4, 0.5) is 5.82 Å². The summed E-state index contributed by atoms with van der Waals surface area (Å²) in [5, 5.41) is 0. The molecule has 21 heavy (non-hydrogen) atoms. The average molecular weight is 290 g/mol. The lowest BCUT2D eigenvalue weighted by Crippen LogP contribution is -2.43. The van der Waals surface area contributed by atoms with Crippen molar-refractivity contribution < 1.29 is 4.79 Å². The van der Waals surface area contributed by atoms with Crippen molar-refractivity contribution in [2.24, 2.45) is 5.92 Å². The molecule has 2 heterocycles. The Balaban J connectivity index is 2.00. The largest absolute Gasteiger partial charge is 0.355 e. The van der Waals surface area contributed by atoms with E-state index in [1.165, 1.54) is 0 Å². The van der Waals surface area contributed by atoms with Crippen LogP contribution >= 0.6 is 0 Å². The van der Waals surface area contributed by atoms with E-state index in [0.717, 1.165) is 56.2 Å². The molecule has 1 amide bonds. The van der Waals surface area contributed by atoms with E-state index in [0.29, 0.717) is 5.91 Å². The molecule has 1 fully saturated rings. The number of piperidine rings is 1. The van der Waals surface area contributed by atoms with Gasteiger partial charge in [0, 0.05) is 38.3 Å². The number of nitrogens with zero attached hydrogens (tertiary/aromatic N) is 4. The molecule has 1 aliphatic rings. The minimum absolute atomic E-state index is 0.166. The van der Waals surface area contributed by atoms with Gasteiger partial charge in [0.2, 0.25) is 5.91 Å². The highest BCUT2D eigenvalue weighted by Gasteiger charge is 2.28. The van der Waals surface area contributed by atoms with E-state index < -0.39 is 0 Å². The summed E-state index contributed by atoms with van der Waals surface area (Å²) in [5.41, 5.74) is 1.91. The lowest BCUT2D eigenvalue weighted by Gasteiger charge is -2.34. The Morgan fingerprint density at radius 3 is 2.48 bits per heavy atom. The van der Waals surface area contributed by atoms with Crippen LogP contribution in [-0.2, 0) is 4.79 Å². The molecule has 0 radical (unpaired) electrons. The molecule has 0 spiro atoms. The Morgan fingerprint density at radius 2 is 1.90 bits per heavy atom. The lowest BCUT2D eigenvalue weighted by molar-refractivity contribution is -0.135. The first kappa shape index (κ1) is 15.7. The van der Waals surface area contributed by atoms with Crippen molar-refractivity contribution in [1.82, 2.24) is 14.9 Å². The predicted molar refractivity (Wildman–Crippen MR) is 84.4 cm³/mol. The highest BCUT2D eigenvalue weighted by atomic mass is 16.2. The van der Waals surface area contributed by atoms with Gasteiger partial charge in [-0.25, -0.2) is 4.98 Å². The van der Waals surface area contributed by atoms with Crippen LogP contribution in [0, 0.1) is 19.8 Å². The predicted octanol–water partition coefficient (Wildman–Crippen LogP) is 2.18. The van der Waals surface area contributed by atoms with Gasteiger partial charge in [-0.05, 0) is 40.5 Å². The van der Waals surface area contributed by atoms with Gasteiger partial charge in [0.05, 0.1) is 11.4 Å². The number of hydrogen-bond acceptors (Lipinski definition) is 4. The SMILES string of the molecule is CCN(CC)C(=O)C1CCN(c2nc(C)cnc2C)CC1. The molecule has 2 rings (SSSR count). The maximum absolute atomic E-state index is 12.4. The first-order chi connectivity index (χ1) is 10.1. The van der Waals surface area contributed by atoms with Gasteiger partial charge >= 0.3 is 0 Å². The Hall–Kier alpha value is -1.65. The summed E-state index contributed by atoms with van der Waals surface area (Å²) in [7, 11) is 0. The summed E-state index contributed by atoms with van der Waals surface area (Å²) >= 11 is 0. The highest BCUT2D eigenvalue weighted by molar-refractivity contribution is 5.79. The number of anilines is 1. The normalized spacial score (nSPS) is 16.1. The van der Waals surface area contributed by atoms with Crippen molar-refractivity contribution in [3.63, 3.8) is 0 Å². The Bertz CT molecular complexity index is 491. The second-order valence-electron chi connectivity index (χ2n) is 5.69. The van der Waals surface area contributed by atoms with Crippen LogP contribution in [0.15, 0.2) is 6.20 Å². The van der Waals surface area contributed by atoms with Gasteiger partial charge in [0.1, 0.15) is 5.82 Å². The smallest absolute Gasteiger partial charge is 0.225 e. The van der Waals surface area contributed by atoms with Crippen LogP contribution in [0.25, 0.3) is 0 Å². The molecule has 1 aromatic heterocycles. The van der Waals surface area contributed by atoms with Crippen molar-refractivity contribution in [3.8, 4) is 0 Å². The first-order valence-corrected chi connectivity index (χ1v) is 7.90. The monoisotopic (exact) mass is 290 g/mol. The van der Waals surface area contributed by atoms with Gasteiger partial charge in [0.25, 0.3) is 0 Å². The lowest BCUT2D eigenvalue weighted by atomic mass is 9.95. The molecule has 5 heteroatoms. The van der Waals surface area contributed by atoms with E-state index in [9.17, 15) is 4.79 Å². The quantitative estimate of drug-likeness (QED) is 0.853. The third-order valence-electron chi connectivity index (χ3n) is 4.27. The number of aryl methyl sites for hydroxylation is 2. The molecule has 0 saturated carbocycles. The summed E-state index contributed by atoms with van der Waals surface area (Å²) in [6, 6.07) is 0. The number of rotatable bonds is 4. The minimum Gasteiger partial charge on any atom is -0.355 e. The maximum atomic E-state index is 12.4. The number of carbonyl (C=O) groups is 1. The zero-order valence-corrected chi connectivity index (χ0v) is 13.6. The number of aromatic nitrogens is 2. The minimum atomic E-state index is 0.166. The van der Waals surface area contributed by atoms with Crippen LogP contribution in [0.1, 0.15) is 38.1 Å². The van der Waals surface area contributed by atoms with Crippen LogP contribution in [0.2, 0.25) is 0 Å². The molecule has 116 valence electrons. The van der Waals surface area contributed by atoms with Crippen molar-refractivity contribution in [3.05, 3.63) is 17.6 Å². The first-order valence-electron chi connectivity index (χ1n) is 7.90. The molecule has 0 bridgehead atoms. The Kier molecular flexibility index (Phi) is 5.15. The maximum Gasteiger partial charge on any atom is 0.225 e. The highest BCUT2D eigenvalue weighted by Crippen LogP contribution is 2.25. The molecular formula is C16H26N4O. The molecule has 0 aromatic carbocycles. The van der Waals surface area contributed by atoms with E-state index in [1.54, 1.807) is 6.20 Å². The van der Waals surface area contributed by atoms with E-state index >= 15 is 0 Å². The molecule has 1 aliphatic heterocycles. The number of carbonyl (C=O) groups excluding carboxylic acids is 1. The zero-order chi connectivity index (χ0) is 15.4. The molecular weight excluding hydrogens is 264 g/mol. The van der Waals surface area contributed by atoms with Crippen molar-refractivity contribution in [1.29, 1.82) is 0 Å². The van der Waals surface area contributed by atoms with E-state index in [4.69, 9.17) is 0 Å². The van der Waals surface area contributed by atoms with Gasteiger partial charge in [-0.2, -0.15) is 0 Å². The van der Waals surface area contributed by atoms with Gasteiger partial charge in [-0.15, -0.1) is 0 Å². The Morgan fingerprint density at radius 1 is 1.29 bits per heavy atom. The van der Waals surface area contributed by atoms with Crippen LogP contribution < -0.4 is 4.90 Å². The summed E-state index contributed by atoms with van der Waals surface area (Å²) in [5.74, 6) is 1.45. The average Bonchev–Trinajstić information content (AvgIpc) is 2.51. The van der Waals surface area contributed by atoms with Gasteiger partial charge in [-0.1, -0.05) is 0 Å². The van der Waals surface area contributed by atoms with Crippen molar-refractivity contribution >= 4 is 11.7 Å². The van der Waals surface area contributed by atoms with Crippen LogP contribution in [0.5, 0.6) is 0 Å². The molecule has 0 aliphatic carbocycles. The topological polar surface area (TPSA) is 49.3 Å². The molecule has 1 aromatic rings. The van der Waals surface area contributed by atoms with E-state index in [1.807, 2.05) is 32.6 Å². The van der Waals surface area contributed by atoms with Crippen molar-refractivity contribution in [2.75, 3.05) is 31.1 Å². The second kappa shape index (κ2) is 6.87. The summed E-state index contributed by atoms with van der Waals surface area (Å²) in [6.07, 6.45) is 3.62. The number of hydrogen-bond donors (Lipinski definition) is 0. The molecule has 0 atom stereocenters. The van der Waals surface area contributed by atoms with Gasteiger partial charge < -0.3 is 9.80 Å². The summed E-state index contributed by atoms with van der Waals surface area (Å²) in [6.45, 7) is 11.4. The zero-order valence-electron chi connectivity index (χ0n) is 13.6. The molecule has 5 nitrogen and oxygen atoms in total. The van der Waals surface area contributed by atoms with Crippen LogP contribution in [-0.4, -0.2) is 47.0 Å². The summed E-state index contributed by atoms with van der Waals surface area (Å²) in [4.78, 5) is 25.6. The molecule has 1 saturated heterocycles. The number of amides is 1. The third kappa shape index (κ3) is 3.52. The third-order valence-corrected chi connectivity index (χ3v) is 4.27. The van der Waals surface area contributed by atoms with Gasteiger partial charge in [0.15, 0.2) is 0 Å². The van der Waals surface area contributed by atoms with Crippen molar-refractivity contribution in [2.45, 2.75) is 40.5 Å².